The number of carbonyl (C=O) groups excluding carboxylic acids is 1. The van der Waals surface area contributed by atoms with Crippen molar-refractivity contribution < 1.29 is 4.79 Å². The van der Waals surface area contributed by atoms with Crippen LogP contribution in [0.2, 0.25) is 0 Å². The summed E-state index contributed by atoms with van der Waals surface area (Å²) >= 11 is 0. The van der Waals surface area contributed by atoms with Crippen LogP contribution in [0.3, 0.4) is 0 Å². The van der Waals surface area contributed by atoms with Crippen LogP contribution in [0.1, 0.15) is 70.6 Å². The van der Waals surface area contributed by atoms with E-state index in [1.54, 1.807) is 16.6 Å². The summed E-state index contributed by atoms with van der Waals surface area (Å²) < 4.78 is 1.79. The highest BCUT2D eigenvalue weighted by Gasteiger charge is 2.51. The lowest BCUT2D eigenvalue weighted by Crippen LogP contribution is -2.63. The Morgan fingerprint density at radius 2 is 1.97 bits per heavy atom. The molecule has 4 heterocycles. The van der Waals surface area contributed by atoms with Gasteiger partial charge < -0.3 is 4.90 Å². The zero-order valence-electron chi connectivity index (χ0n) is 18.0. The van der Waals surface area contributed by atoms with E-state index in [-0.39, 0.29) is 5.91 Å². The summed E-state index contributed by atoms with van der Waals surface area (Å²) in [5.74, 6) is 1.57. The summed E-state index contributed by atoms with van der Waals surface area (Å²) in [4.78, 5) is 19.3. The maximum atomic E-state index is 14.2. The summed E-state index contributed by atoms with van der Waals surface area (Å²) in [5.41, 5.74) is 0.979. The molecule has 0 spiro atoms. The van der Waals surface area contributed by atoms with E-state index in [0.29, 0.717) is 17.9 Å². The van der Waals surface area contributed by atoms with Crippen molar-refractivity contribution in [2.75, 3.05) is 19.6 Å². The van der Waals surface area contributed by atoms with Crippen LogP contribution in [0.4, 0.5) is 0 Å². The second-order valence-corrected chi connectivity index (χ2v) is 10.4. The molecule has 1 saturated carbocycles. The normalized spacial score (nSPS) is 35.9. The lowest BCUT2D eigenvalue weighted by molar-refractivity contribution is -0.149. The maximum absolute atomic E-state index is 14.2. The Morgan fingerprint density at radius 1 is 1.07 bits per heavy atom. The Hall–Kier alpha value is -1.76. The Balaban J connectivity index is 1.34. The van der Waals surface area contributed by atoms with Crippen LogP contribution in [0.15, 0.2) is 18.0 Å². The molecule has 6 rings (SSSR count). The minimum absolute atomic E-state index is 0.282. The molecule has 1 aromatic heterocycles. The minimum atomic E-state index is -0.580. The van der Waals surface area contributed by atoms with Gasteiger partial charge in [0, 0.05) is 19.1 Å². The van der Waals surface area contributed by atoms with Crippen LogP contribution in [-0.4, -0.2) is 67.6 Å². The van der Waals surface area contributed by atoms with Crippen molar-refractivity contribution in [3.63, 3.8) is 0 Å². The summed E-state index contributed by atoms with van der Waals surface area (Å²) in [6, 6.07) is 1.04. The summed E-state index contributed by atoms with van der Waals surface area (Å²) in [6.07, 6.45) is 17.0. The van der Waals surface area contributed by atoms with Crippen LogP contribution in [0.25, 0.3) is 0 Å². The Kier molecular flexibility index (Phi) is 4.70. The van der Waals surface area contributed by atoms with Gasteiger partial charge in [-0.25, -0.2) is 4.68 Å². The molecule has 0 N–H and O–H groups in total. The van der Waals surface area contributed by atoms with Crippen LogP contribution >= 0.6 is 0 Å². The van der Waals surface area contributed by atoms with Crippen molar-refractivity contribution in [2.24, 2.45) is 11.8 Å². The van der Waals surface area contributed by atoms with Gasteiger partial charge in [0.1, 0.15) is 11.9 Å². The van der Waals surface area contributed by atoms with Gasteiger partial charge in [-0.2, -0.15) is 0 Å². The summed E-state index contributed by atoms with van der Waals surface area (Å²) in [5, 5.41) is 12.0. The van der Waals surface area contributed by atoms with Crippen molar-refractivity contribution >= 4 is 5.91 Å². The highest BCUT2D eigenvalue weighted by molar-refractivity contribution is 5.85. The number of rotatable bonds is 2. The zero-order chi connectivity index (χ0) is 20.1. The molecular formula is C23H34N6O. The molecule has 1 amide bonds. The standard InChI is InChI=1S/C23H34N6O/c30-22(23(9-3-1-4-10-23)29-16-24-25-26-29)28-12-6-7-17-13-18-14-19(21(17)28)15-27-11-5-2-8-20(18)27/h13,16,18-21H,1-12,14-15H2/t18-,19-,20?,21?/m0/s1. The number of fused-ring (bicyclic) bond motifs is 6. The van der Waals surface area contributed by atoms with E-state index < -0.39 is 5.54 Å². The third-order valence-electron chi connectivity index (χ3n) is 8.78. The molecule has 4 atom stereocenters. The fraction of sp³-hybridized carbons (Fsp3) is 0.826. The number of tetrazole rings is 1. The van der Waals surface area contributed by atoms with Gasteiger partial charge >= 0.3 is 0 Å². The molecule has 0 radical (unpaired) electrons. The molecule has 7 nitrogen and oxygen atoms in total. The minimum Gasteiger partial charge on any atom is -0.334 e. The Morgan fingerprint density at radius 3 is 2.80 bits per heavy atom. The van der Waals surface area contributed by atoms with E-state index in [1.807, 2.05) is 0 Å². The first-order valence-electron chi connectivity index (χ1n) is 12.3. The fourth-order valence-corrected chi connectivity index (χ4v) is 7.50. The highest BCUT2D eigenvalue weighted by Crippen LogP contribution is 2.46. The molecule has 3 saturated heterocycles. The molecule has 4 fully saturated rings. The average molecular weight is 411 g/mol. The van der Waals surface area contributed by atoms with Crippen molar-refractivity contribution in [1.82, 2.24) is 30.0 Å². The quantitative estimate of drug-likeness (QED) is 0.702. The number of hydrogen-bond acceptors (Lipinski definition) is 5. The van der Waals surface area contributed by atoms with Crippen LogP contribution in [0, 0.1) is 11.8 Å². The van der Waals surface area contributed by atoms with Crippen LogP contribution in [0.5, 0.6) is 0 Å². The molecule has 0 aromatic carbocycles. The number of aromatic nitrogens is 4. The monoisotopic (exact) mass is 410 g/mol. The zero-order valence-corrected chi connectivity index (χ0v) is 18.0. The summed E-state index contributed by atoms with van der Waals surface area (Å²) in [6.45, 7) is 3.30. The third kappa shape index (κ3) is 2.88. The number of nitrogens with zero attached hydrogens (tertiary/aromatic N) is 6. The first-order valence-corrected chi connectivity index (χ1v) is 12.3. The molecule has 7 heteroatoms. The van der Waals surface area contributed by atoms with Crippen LogP contribution < -0.4 is 0 Å². The smallest absolute Gasteiger partial charge is 0.251 e. The second-order valence-electron chi connectivity index (χ2n) is 10.4. The predicted molar refractivity (Wildman–Crippen MR) is 113 cm³/mol. The van der Waals surface area contributed by atoms with E-state index in [0.717, 1.165) is 44.7 Å². The lowest BCUT2D eigenvalue weighted by atomic mass is 9.67. The van der Waals surface area contributed by atoms with E-state index in [9.17, 15) is 4.79 Å². The molecule has 2 aliphatic carbocycles. The molecule has 162 valence electrons. The maximum Gasteiger partial charge on any atom is 0.251 e. The molecular weight excluding hydrogens is 376 g/mol. The van der Waals surface area contributed by atoms with Gasteiger partial charge in [0.25, 0.3) is 5.91 Å². The molecule has 3 aliphatic heterocycles. The third-order valence-corrected chi connectivity index (χ3v) is 8.78. The topological polar surface area (TPSA) is 67.2 Å². The van der Waals surface area contributed by atoms with Gasteiger partial charge in [-0.1, -0.05) is 37.3 Å². The first kappa shape index (κ1) is 19.0. The predicted octanol–water partition coefficient (Wildman–Crippen LogP) is 2.75. The Labute approximate surface area is 178 Å². The van der Waals surface area contributed by atoms with Gasteiger partial charge in [-0.15, -0.1) is 5.10 Å². The number of hydrogen-bond donors (Lipinski definition) is 0. The van der Waals surface area contributed by atoms with Gasteiger partial charge in [-0.3, -0.25) is 9.69 Å². The van der Waals surface area contributed by atoms with E-state index in [2.05, 4.69) is 31.4 Å². The SMILES string of the molecule is O=C(N1CCCC2=C[C@H]3C[C@@H](CN4CCCCC34)C21)C1(n2cnnn2)CCCCC1. The fourth-order valence-electron chi connectivity index (χ4n) is 7.50. The molecule has 5 aliphatic rings. The summed E-state index contributed by atoms with van der Waals surface area (Å²) in [7, 11) is 0. The van der Waals surface area contributed by atoms with E-state index in [1.165, 1.54) is 51.6 Å². The molecule has 30 heavy (non-hydrogen) atoms. The lowest BCUT2D eigenvalue weighted by Gasteiger charge is -2.55. The van der Waals surface area contributed by atoms with E-state index >= 15 is 0 Å². The van der Waals surface area contributed by atoms with Gasteiger partial charge in [0.05, 0.1) is 6.04 Å². The van der Waals surface area contributed by atoms with Crippen molar-refractivity contribution in [3.05, 3.63) is 18.0 Å². The van der Waals surface area contributed by atoms with E-state index in [4.69, 9.17) is 0 Å². The number of amides is 1. The van der Waals surface area contributed by atoms with Crippen molar-refractivity contribution in [2.45, 2.75) is 88.3 Å². The van der Waals surface area contributed by atoms with Crippen molar-refractivity contribution in [1.29, 1.82) is 0 Å². The Bertz CT molecular complexity index is 814. The first-order chi connectivity index (χ1) is 14.8. The second kappa shape index (κ2) is 7.43. The molecule has 1 aromatic rings. The highest BCUT2D eigenvalue weighted by atomic mass is 16.2. The number of piperidine rings is 3. The largest absolute Gasteiger partial charge is 0.334 e. The number of carbonyl (C=O) groups is 1. The van der Waals surface area contributed by atoms with Gasteiger partial charge in [-0.05, 0) is 73.8 Å². The molecule has 2 bridgehead atoms. The van der Waals surface area contributed by atoms with Crippen molar-refractivity contribution in [3.8, 4) is 0 Å². The number of likely N-dealkylation sites (tertiary alicyclic amines) is 1. The molecule has 2 unspecified atom stereocenters. The van der Waals surface area contributed by atoms with Crippen LogP contribution in [-0.2, 0) is 10.3 Å². The van der Waals surface area contributed by atoms with Gasteiger partial charge in [0.2, 0.25) is 0 Å². The van der Waals surface area contributed by atoms with Gasteiger partial charge in [0.15, 0.2) is 0 Å². The average Bonchev–Trinajstić information content (AvgIpc) is 3.34.